The summed E-state index contributed by atoms with van der Waals surface area (Å²) in [5, 5.41) is 44.0. The highest BCUT2D eigenvalue weighted by Crippen LogP contribution is 2.26. The van der Waals surface area contributed by atoms with E-state index >= 15 is 0 Å². The Morgan fingerprint density at radius 1 is 1.55 bits per heavy atom. The molecule has 20 heavy (non-hydrogen) atoms. The second-order valence-corrected chi connectivity index (χ2v) is 4.19. The van der Waals surface area contributed by atoms with Crippen LogP contribution in [0.4, 0.5) is 5.69 Å². The first-order valence-corrected chi connectivity index (χ1v) is 5.80. The van der Waals surface area contributed by atoms with Gasteiger partial charge in [0.15, 0.2) is 12.4 Å². The van der Waals surface area contributed by atoms with Crippen LogP contribution in [0, 0.1) is 15.3 Å². The highest BCUT2D eigenvalue weighted by molar-refractivity contribution is 5.72. The molecule has 0 bridgehead atoms. The van der Waals surface area contributed by atoms with E-state index in [1.54, 1.807) is 0 Å². The number of aromatic nitrogens is 1. The number of pyridine rings is 1. The lowest BCUT2D eigenvalue weighted by Gasteiger charge is -2.17. The summed E-state index contributed by atoms with van der Waals surface area (Å²) < 4.78 is 0.298. The number of nitrogens with zero attached hydrogens (tertiary/aromatic N) is 2. The van der Waals surface area contributed by atoms with E-state index in [4.69, 9.17) is 0 Å². The summed E-state index contributed by atoms with van der Waals surface area (Å²) in [5.74, 6) is -0.296. The molecule has 0 fully saturated rings. The Balaban J connectivity index is 2.84. The number of nitro groups is 1. The Morgan fingerprint density at radius 2 is 2.20 bits per heavy atom. The number of hydrogen-bond acceptors (Lipinski definition) is 6. The second-order valence-electron chi connectivity index (χ2n) is 4.19. The molecule has 3 N–H and O–H groups in total. The fourth-order valence-electron chi connectivity index (χ4n) is 1.64. The number of carbonyl (C=O) groups is 1. The first-order valence-electron chi connectivity index (χ1n) is 5.80. The van der Waals surface area contributed by atoms with E-state index in [2.05, 4.69) is 5.32 Å². The molecule has 110 valence electrons. The van der Waals surface area contributed by atoms with E-state index < -0.39 is 22.8 Å². The second kappa shape index (κ2) is 6.78. The van der Waals surface area contributed by atoms with Crippen LogP contribution in [0.5, 0.6) is 0 Å². The van der Waals surface area contributed by atoms with Crippen molar-refractivity contribution in [3.8, 4) is 0 Å². The molecule has 1 heterocycles. The van der Waals surface area contributed by atoms with Gasteiger partial charge in [-0.1, -0.05) is 0 Å². The van der Waals surface area contributed by atoms with Gasteiger partial charge in [-0.25, -0.2) is 0 Å². The van der Waals surface area contributed by atoms with Crippen molar-refractivity contribution in [1.29, 1.82) is 0 Å². The Morgan fingerprint density at radius 3 is 2.75 bits per heavy atom. The topological polar surface area (TPSA) is 140 Å². The third-order valence-electron chi connectivity index (χ3n) is 2.64. The molecule has 0 aliphatic rings. The minimum atomic E-state index is -1.59. The van der Waals surface area contributed by atoms with Crippen molar-refractivity contribution in [3.05, 3.63) is 39.3 Å². The molecule has 0 spiro atoms. The average molecular weight is 285 g/mol. The molecule has 0 aromatic carbocycles. The Labute approximate surface area is 114 Å². The van der Waals surface area contributed by atoms with Gasteiger partial charge in [0.25, 0.3) is 5.69 Å². The molecule has 1 aromatic heterocycles. The third-order valence-corrected chi connectivity index (χ3v) is 2.64. The summed E-state index contributed by atoms with van der Waals surface area (Å²) in [6.07, 6.45) is -1.18. The third kappa shape index (κ3) is 4.14. The zero-order valence-corrected chi connectivity index (χ0v) is 10.7. The van der Waals surface area contributed by atoms with Gasteiger partial charge in [0, 0.05) is 13.5 Å². The maximum Gasteiger partial charge on any atom is 0.287 e. The summed E-state index contributed by atoms with van der Waals surface area (Å²) in [5.41, 5.74) is -0.731. The lowest BCUT2D eigenvalue weighted by Crippen LogP contribution is -2.31. The van der Waals surface area contributed by atoms with Gasteiger partial charge in [-0.2, -0.15) is 4.73 Å². The fraction of sp³-hybridized carbons (Fsp3) is 0.455. The minimum absolute atomic E-state index is 0.00828. The number of hydrogen-bond donors (Lipinski definition) is 3. The molecular formula is C11H15N3O6. The Hall–Kier alpha value is -2.26. The summed E-state index contributed by atoms with van der Waals surface area (Å²) in [4.78, 5) is 20.7. The van der Waals surface area contributed by atoms with Crippen molar-refractivity contribution in [3.63, 3.8) is 0 Å². The van der Waals surface area contributed by atoms with Gasteiger partial charge in [0.05, 0.1) is 17.1 Å². The van der Waals surface area contributed by atoms with Crippen molar-refractivity contribution < 1.29 is 24.7 Å². The van der Waals surface area contributed by atoms with Gasteiger partial charge < -0.3 is 20.7 Å². The normalized spacial score (nSPS) is 13.6. The van der Waals surface area contributed by atoms with Crippen LogP contribution in [0.25, 0.3) is 0 Å². The van der Waals surface area contributed by atoms with Crippen LogP contribution in [-0.2, 0) is 4.79 Å². The van der Waals surface area contributed by atoms with Crippen molar-refractivity contribution in [2.45, 2.75) is 25.6 Å². The molecule has 1 aromatic rings. The molecule has 0 radical (unpaired) electrons. The van der Waals surface area contributed by atoms with E-state index in [0.29, 0.717) is 4.73 Å². The van der Waals surface area contributed by atoms with Crippen molar-refractivity contribution in [2.75, 3.05) is 6.54 Å². The van der Waals surface area contributed by atoms with Crippen LogP contribution in [0.15, 0.2) is 18.5 Å². The van der Waals surface area contributed by atoms with Gasteiger partial charge in [-0.3, -0.25) is 14.9 Å². The molecule has 0 aliphatic carbocycles. The van der Waals surface area contributed by atoms with Crippen LogP contribution in [0.1, 0.15) is 25.0 Å². The molecule has 9 heteroatoms. The smallest absolute Gasteiger partial charge is 0.287 e. The predicted octanol–water partition coefficient (Wildman–Crippen LogP) is -0.851. The van der Waals surface area contributed by atoms with Gasteiger partial charge in [-0.05, 0) is 6.42 Å². The lowest BCUT2D eigenvalue weighted by atomic mass is 10.0. The Kier molecular flexibility index (Phi) is 5.35. The van der Waals surface area contributed by atoms with Gasteiger partial charge in [0.2, 0.25) is 5.91 Å². The zero-order valence-electron chi connectivity index (χ0n) is 10.7. The molecule has 9 nitrogen and oxygen atoms in total. The number of carbonyl (C=O) groups excluding carboxylic acids is 1. The molecule has 0 saturated heterocycles. The average Bonchev–Trinajstić information content (AvgIpc) is 2.36. The maximum absolute atomic E-state index is 11.1. The van der Waals surface area contributed by atoms with Gasteiger partial charge in [-0.15, -0.1) is 0 Å². The van der Waals surface area contributed by atoms with Crippen LogP contribution in [-0.4, -0.2) is 33.7 Å². The molecule has 1 amide bonds. The van der Waals surface area contributed by atoms with Crippen LogP contribution >= 0.6 is 0 Å². The van der Waals surface area contributed by atoms with E-state index in [1.165, 1.54) is 6.92 Å². The summed E-state index contributed by atoms with van der Waals surface area (Å²) in [7, 11) is 0. The molecule has 0 aliphatic heterocycles. The number of nitrogens with one attached hydrogen (secondary N) is 1. The van der Waals surface area contributed by atoms with Gasteiger partial charge in [0.1, 0.15) is 11.7 Å². The number of aliphatic hydroxyl groups is 2. The summed E-state index contributed by atoms with van der Waals surface area (Å²) >= 11 is 0. The first-order chi connectivity index (χ1) is 9.32. The summed E-state index contributed by atoms with van der Waals surface area (Å²) in [6, 6.07) is 0.950. The van der Waals surface area contributed by atoms with E-state index in [1.807, 2.05) is 0 Å². The molecule has 1 rings (SSSR count). The molecule has 2 atom stereocenters. The number of amides is 1. The summed E-state index contributed by atoms with van der Waals surface area (Å²) in [6.45, 7) is 1.40. The van der Waals surface area contributed by atoms with Gasteiger partial charge >= 0.3 is 0 Å². The van der Waals surface area contributed by atoms with Crippen molar-refractivity contribution in [2.24, 2.45) is 0 Å². The Bertz CT molecular complexity index is 507. The first kappa shape index (κ1) is 15.8. The van der Waals surface area contributed by atoms with Crippen LogP contribution in [0.2, 0.25) is 0 Å². The van der Waals surface area contributed by atoms with Crippen molar-refractivity contribution >= 4 is 11.6 Å². The molecular weight excluding hydrogens is 270 g/mol. The van der Waals surface area contributed by atoms with Crippen LogP contribution < -0.4 is 10.0 Å². The fourth-order valence-corrected chi connectivity index (χ4v) is 1.64. The standard InChI is InChI=1S/C11H15N3O6/c1-7(15)12-4-2-10(16)11(17)8-6-13(18)5-3-9(8)14(19)20/h3,5-6,10-11,16-17H,2,4H2,1H3,(H,12,15). The number of rotatable bonds is 6. The molecule has 0 saturated carbocycles. The monoisotopic (exact) mass is 285 g/mol. The highest BCUT2D eigenvalue weighted by Gasteiger charge is 2.28. The van der Waals surface area contributed by atoms with Crippen LogP contribution in [0.3, 0.4) is 0 Å². The van der Waals surface area contributed by atoms with E-state index in [0.717, 1.165) is 18.5 Å². The maximum atomic E-state index is 11.1. The SMILES string of the molecule is CC(=O)NCCC(O)C(O)c1c[n+]([O-])ccc1[N+](=O)[O-]. The quantitative estimate of drug-likeness (QED) is 0.269. The number of aliphatic hydroxyl groups excluding tert-OH is 2. The zero-order chi connectivity index (χ0) is 15.3. The predicted molar refractivity (Wildman–Crippen MR) is 66.3 cm³/mol. The highest BCUT2D eigenvalue weighted by atomic mass is 16.6. The largest absolute Gasteiger partial charge is 0.619 e. The van der Waals surface area contributed by atoms with Crippen molar-refractivity contribution in [1.82, 2.24) is 5.32 Å². The van der Waals surface area contributed by atoms with E-state index in [-0.39, 0.29) is 24.4 Å². The van der Waals surface area contributed by atoms with E-state index in [9.17, 15) is 30.3 Å². The minimum Gasteiger partial charge on any atom is -0.619 e. The lowest BCUT2D eigenvalue weighted by molar-refractivity contribution is -0.606. The molecule has 2 unspecified atom stereocenters.